The van der Waals surface area contributed by atoms with Crippen LogP contribution in [0.1, 0.15) is 95.4 Å². The molecule has 3 aromatic rings. The van der Waals surface area contributed by atoms with Gasteiger partial charge in [-0.3, -0.25) is 14.1 Å². The second kappa shape index (κ2) is 23.5. The van der Waals surface area contributed by atoms with Gasteiger partial charge in [0, 0.05) is 85.5 Å². The first-order valence-corrected chi connectivity index (χ1v) is 25.6. The lowest BCUT2D eigenvalue weighted by Crippen LogP contribution is -2.46. The zero-order valence-corrected chi connectivity index (χ0v) is 42.4. The molecule has 1 N–H and O–H groups in total. The number of ether oxygens (including phenoxy) is 5. The quantitative estimate of drug-likeness (QED) is 0.0297. The molecule has 378 valence electrons. The van der Waals surface area contributed by atoms with E-state index >= 15 is 0 Å². The number of methoxy groups -OCH3 is 1. The van der Waals surface area contributed by atoms with Crippen molar-refractivity contribution in [1.82, 2.24) is 5.06 Å². The van der Waals surface area contributed by atoms with Crippen LogP contribution in [0.15, 0.2) is 108 Å². The highest BCUT2D eigenvalue weighted by atomic mass is 32.2. The SMILES string of the molecule is COCCOCCOCCOCCN1c2cc3c(cc2C(C)=CC1(C)C)/C(=C/C=C/C=C/C1=[N+](CCCCCC(=O)ON2C(=O)CCC2=O)c2ccc(S(=O)(=O)O)cc2C1(C)C)C=C(c1ccccc1)O3. The molecule has 71 heavy (non-hydrogen) atoms. The van der Waals surface area contributed by atoms with E-state index in [2.05, 4.69) is 60.6 Å². The molecular formula is C55H66N3O12S+. The lowest BCUT2D eigenvalue weighted by atomic mass is 9.81. The molecule has 0 unspecified atom stereocenters. The van der Waals surface area contributed by atoms with Crippen molar-refractivity contribution in [2.24, 2.45) is 0 Å². The molecule has 1 fully saturated rings. The second-order valence-electron chi connectivity index (χ2n) is 18.8. The normalized spacial score (nSPS) is 17.8. The molecule has 16 heteroatoms. The van der Waals surface area contributed by atoms with Crippen molar-refractivity contribution in [3.8, 4) is 5.75 Å². The Morgan fingerprint density at radius 2 is 1.52 bits per heavy atom. The van der Waals surface area contributed by atoms with Gasteiger partial charge in [-0.05, 0) is 82.9 Å². The van der Waals surface area contributed by atoms with E-state index < -0.39 is 33.3 Å². The van der Waals surface area contributed by atoms with Gasteiger partial charge < -0.3 is 33.4 Å². The number of hydrogen-bond donors (Lipinski definition) is 1. The predicted octanol–water partition coefficient (Wildman–Crippen LogP) is 8.80. The summed E-state index contributed by atoms with van der Waals surface area (Å²) in [6.07, 6.45) is 16.3. The summed E-state index contributed by atoms with van der Waals surface area (Å²) in [5.74, 6) is -0.201. The summed E-state index contributed by atoms with van der Waals surface area (Å²) in [5, 5.41) is 0.564. The summed E-state index contributed by atoms with van der Waals surface area (Å²) in [5.41, 5.74) is 7.78. The van der Waals surface area contributed by atoms with Crippen LogP contribution in [0.3, 0.4) is 0 Å². The molecule has 0 bridgehead atoms. The third-order valence-electron chi connectivity index (χ3n) is 13.0. The molecule has 0 spiro atoms. The number of fused-ring (bicyclic) bond motifs is 3. The van der Waals surface area contributed by atoms with Gasteiger partial charge in [0.25, 0.3) is 21.9 Å². The number of rotatable bonds is 24. The van der Waals surface area contributed by atoms with Gasteiger partial charge in [-0.15, -0.1) is 5.06 Å². The first-order valence-electron chi connectivity index (χ1n) is 24.2. The second-order valence-corrected chi connectivity index (χ2v) is 20.3. The van der Waals surface area contributed by atoms with E-state index in [1.165, 1.54) is 17.7 Å². The molecular weight excluding hydrogens is 927 g/mol. The van der Waals surface area contributed by atoms with Crippen molar-refractivity contribution in [2.45, 2.75) is 89.0 Å². The van der Waals surface area contributed by atoms with Crippen LogP contribution >= 0.6 is 0 Å². The molecule has 2 amide bonds. The Labute approximate surface area is 417 Å². The van der Waals surface area contributed by atoms with Crippen molar-refractivity contribution < 1.29 is 60.5 Å². The Kier molecular flexibility index (Phi) is 17.5. The minimum absolute atomic E-state index is 0.0326. The van der Waals surface area contributed by atoms with E-state index in [0.717, 1.165) is 56.4 Å². The molecule has 7 rings (SSSR count). The lowest BCUT2D eigenvalue weighted by molar-refractivity contribution is -0.438. The topological polar surface area (TPSA) is 170 Å². The van der Waals surface area contributed by atoms with Crippen molar-refractivity contribution in [1.29, 1.82) is 0 Å². The van der Waals surface area contributed by atoms with Crippen molar-refractivity contribution >= 4 is 61.9 Å². The predicted molar refractivity (Wildman–Crippen MR) is 272 cm³/mol. The zero-order chi connectivity index (χ0) is 50.8. The zero-order valence-electron chi connectivity index (χ0n) is 41.6. The maximum absolute atomic E-state index is 12.4. The van der Waals surface area contributed by atoms with Crippen LogP contribution in [0, 0.1) is 0 Å². The van der Waals surface area contributed by atoms with Crippen LogP contribution in [0.5, 0.6) is 5.75 Å². The maximum atomic E-state index is 12.4. The van der Waals surface area contributed by atoms with Gasteiger partial charge in [0.15, 0.2) is 5.71 Å². The Morgan fingerprint density at radius 3 is 2.21 bits per heavy atom. The number of allylic oxidation sites excluding steroid dienone is 8. The van der Waals surface area contributed by atoms with Gasteiger partial charge in [0.2, 0.25) is 5.69 Å². The number of benzene rings is 3. The van der Waals surface area contributed by atoms with E-state index in [-0.39, 0.29) is 29.7 Å². The largest absolute Gasteiger partial charge is 0.456 e. The standard InChI is InChI=1S/C55H65N3O12S/c1-39-38-54(2,3)57(26-27-66-30-31-68-33-32-67-29-28-65-6)47-37-49-44(36-43(39)47)41(34-48(69-49)40-16-10-7-11-17-40)18-12-8-13-19-50-55(4,5)45-35-42(71(62,63)64)21-22-46(45)56(50)25-15-9-14-20-53(61)70-58-51(59)23-24-52(58)60/h7-8,10-13,16-19,21-22,34-38H,9,14-15,20,23-33H2,1-6H3/p+1. The highest BCUT2D eigenvalue weighted by Crippen LogP contribution is 2.47. The van der Waals surface area contributed by atoms with Crippen molar-refractivity contribution in [3.05, 3.63) is 125 Å². The van der Waals surface area contributed by atoms with Crippen molar-refractivity contribution in [2.75, 3.05) is 71.3 Å². The van der Waals surface area contributed by atoms with Gasteiger partial charge in [-0.25, -0.2) is 4.79 Å². The van der Waals surface area contributed by atoms with Crippen molar-refractivity contribution in [3.63, 3.8) is 0 Å². The van der Waals surface area contributed by atoms with E-state index in [9.17, 15) is 27.4 Å². The fourth-order valence-corrected chi connectivity index (χ4v) is 9.87. The first-order chi connectivity index (χ1) is 34.0. The summed E-state index contributed by atoms with van der Waals surface area (Å²) in [6, 6.07) is 19.0. The number of carbonyl (C=O) groups excluding carboxylic acids is 3. The Morgan fingerprint density at radius 1 is 0.831 bits per heavy atom. The van der Waals surface area contributed by atoms with Gasteiger partial charge in [-0.1, -0.05) is 60.7 Å². The maximum Gasteiger partial charge on any atom is 0.333 e. The smallest absolute Gasteiger partial charge is 0.333 e. The molecule has 0 saturated carbocycles. The molecule has 1 saturated heterocycles. The molecule has 4 aliphatic rings. The third-order valence-corrected chi connectivity index (χ3v) is 13.8. The fraction of sp³-hybridized carbons (Fsp3) is 0.418. The monoisotopic (exact) mass is 992 g/mol. The number of anilines is 1. The molecule has 15 nitrogen and oxygen atoms in total. The number of hydrogen-bond acceptors (Lipinski definition) is 12. The number of nitrogens with zero attached hydrogens (tertiary/aromatic N) is 3. The van der Waals surface area contributed by atoms with E-state index in [1.807, 2.05) is 68.5 Å². The number of hydroxylamine groups is 2. The summed E-state index contributed by atoms with van der Waals surface area (Å²) in [7, 11) is -2.80. The van der Waals surface area contributed by atoms with Crippen LogP contribution < -0.4 is 9.64 Å². The molecule has 0 aromatic heterocycles. The van der Waals surface area contributed by atoms with E-state index in [1.54, 1.807) is 13.2 Å². The van der Waals surface area contributed by atoms with Gasteiger partial charge >= 0.3 is 5.97 Å². The summed E-state index contributed by atoms with van der Waals surface area (Å²) in [6.45, 7) is 15.4. The minimum Gasteiger partial charge on any atom is -0.456 e. The molecule has 0 aliphatic carbocycles. The van der Waals surface area contributed by atoms with Gasteiger partial charge in [0.05, 0.1) is 62.1 Å². The minimum atomic E-state index is -4.45. The number of carbonyl (C=O) groups is 3. The first kappa shape index (κ1) is 52.8. The lowest BCUT2D eigenvalue weighted by Gasteiger charge is -2.44. The van der Waals surface area contributed by atoms with Crippen LogP contribution in [0.2, 0.25) is 0 Å². The van der Waals surface area contributed by atoms with E-state index in [0.29, 0.717) is 83.7 Å². The molecule has 3 aromatic carbocycles. The van der Waals surface area contributed by atoms with Gasteiger partial charge in [0.1, 0.15) is 18.1 Å². The van der Waals surface area contributed by atoms with Gasteiger partial charge in [-0.2, -0.15) is 13.0 Å². The number of unbranched alkanes of at least 4 members (excludes halogenated alkanes) is 2. The Balaban J connectivity index is 1.10. The number of imide groups is 1. The summed E-state index contributed by atoms with van der Waals surface area (Å²) in [4.78, 5) is 43.4. The Bertz CT molecular complexity index is 2750. The highest BCUT2D eigenvalue weighted by molar-refractivity contribution is 7.85. The average molecular weight is 993 g/mol. The third kappa shape index (κ3) is 12.9. The molecule has 0 radical (unpaired) electrons. The highest BCUT2D eigenvalue weighted by Gasteiger charge is 2.45. The molecule has 0 atom stereocenters. The summed E-state index contributed by atoms with van der Waals surface area (Å²) >= 11 is 0. The molecule has 4 aliphatic heterocycles. The molecule has 4 heterocycles. The summed E-state index contributed by atoms with van der Waals surface area (Å²) < 4.78 is 65.5. The van der Waals surface area contributed by atoms with Crippen LogP contribution in [-0.2, 0) is 53.7 Å². The van der Waals surface area contributed by atoms with Crippen LogP contribution in [-0.4, -0.2) is 118 Å². The Hall–Kier alpha value is -6.01. The average Bonchev–Trinajstić information content (AvgIpc) is 3.76. The van der Waals surface area contributed by atoms with E-state index in [4.69, 9.17) is 28.5 Å². The number of amides is 2. The van der Waals surface area contributed by atoms with Crippen LogP contribution in [0.25, 0.3) is 16.9 Å². The fourth-order valence-electron chi connectivity index (χ4n) is 9.36. The van der Waals surface area contributed by atoms with Crippen LogP contribution in [0.4, 0.5) is 11.4 Å².